The number of nitrogens with one attached hydrogen (secondary N) is 1. The molecule has 1 aromatic rings. The Morgan fingerprint density at radius 1 is 1.44 bits per heavy atom. The highest BCUT2D eigenvalue weighted by atomic mass is 16.5. The van der Waals surface area contributed by atoms with Crippen molar-refractivity contribution < 1.29 is 9.47 Å². The number of ether oxygens (including phenoxy) is 2. The van der Waals surface area contributed by atoms with Crippen molar-refractivity contribution in [2.75, 3.05) is 26.9 Å². The van der Waals surface area contributed by atoms with Gasteiger partial charge in [0.1, 0.15) is 5.75 Å². The van der Waals surface area contributed by atoms with Crippen LogP contribution in [0.1, 0.15) is 31.4 Å². The van der Waals surface area contributed by atoms with E-state index in [4.69, 9.17) is 9.47 Å². The highest BCUT2D eigenvalue weighted by Crippen LogP contribution is 2.33. The van der Waals surface area contributed by atoms with Crippen molar-refractivity contribution in [2.24, 2.45) is 5.92 Å². The molecule has 0 radical (unpaired) electrons. The van der Waals surface area contributed by atoms with Crippen LogP contribution in [-0.4, -0.2) is 26.9 Å². The molecule has 2 rings (SSSR count). The third-order valence-electron chi connectivity index (χ3n) is 3.46. The molecule has 18 heavy (non-hydrogen) atoms. The molecule has 1 N–H and O–H groups in total. The van der Waals surface area contributed by atoms with Gasteiger partial charge in [0.05, 0.1) is 13.2 Å². The SMILES string of the molecule is CCCOc1ccccc1C(NC)C1CCOC1. The Hall–Kier alpha value is -1.06. The van der Waals surface area contributed by atoms with E-state index in [0.717, 1.165) is 38.4 Å². The van der Waals surface area contributed by atoms with Gasteiger partial charge in [-0.2, -0.15) is 0 Å². The second-order valence-corrected chi connectivity index (χ2v) is 4.78. The Kier molecular flexibility index (Phi) is 5.02. The van der Waals surface area contributed by atoms with Crippen LogP contribution in [-0.2, 0) is 4.74 Å². The summed E-state index contributed by atoms with van der Waals surface area (Å²) < 4.78 is 11.3. The third-order valence-corrected chi connectivity index (χ3v) is 3.46. The van der Waals surface area contributed by atoms with E-state index in [1.54, 1.807) is 0 Å². The van der Waals surface area contributed by atoms with Gasteiger partial charge in [-0.25, -0.2) is 0 Å². The lowest BCUT2D eigenvalue weighted by Gasteiger charge is -2.24. The van der Waals surface area contributed by atoms with E-state index in [1.807, 2.05) is 13.1 Å². The van der Waals surface area contributed by atoms with Gasteiger partial charge in [0.15, 0.2) is 0 Å². The predicted octanol–water partition coefficient (Wildman–Crippen LogP) is 2.77. The molecule has 3 heteroatoms. The van der Waals surface area contributed by atoms with Crippen molar-refractivity contribution in [3.8, 4) is 5.75 Å². The molecule has 0 aliphatic carbocycles. The molecule has 1 saturated heterocycles. The van der Waals surface area contributed by atoms with Crippen molar-refractivity contribution in [2.45, 2.75) is 25.8 Å². The lowest BCUT2D eigenvalue weighted by molar-refractivity contribution is 0.177. The molecular formula is C15H23NO2. The fourth-order valence-electron chi connectivity index (χ4n) is 2.54. The maximum atomic E-state index is 5.85. The number of benzene rings is 1. The van der Waals surface area contributed by atoms with Crippen molar-refractivity contribution in [3.63, 3.8) is 0 Å². The van der Waals surface area contributed by atoms with Crippen molar-refractivity contribution in [3.05, 3.63) is 29.8 Å². The van der Waals surface area contributed by atoms with Crippen LogP contribution in [0, 0.1) is 5.92 Å². The number of para-hydroxylation sites is 1. The highest BCUT2D eigenvalue weighted by molar-refractivity contribution is 5.36. The molecule has 1 heterocycles. The van der Waals surface area contributed by atoms with Gasteiger partial charge in [-0.15, -0.1) is 0 Å². The highest BCUT2D eigenvalue weighted by Gasteiger charge is 2.27. The summed E-state index contributed by atoms with van der Waals surface area (Å²) in [6.45, 7) is 4.62. The van der Waals surface area contributed by atoms with E-state index in [-0.39, 0.29) is 0 Å². The zero-order valence-corrected chi connectivity index (χ0v) is 11.3. The summed E-state index contributed by atoms with van der Waals surface area (Å²) in [5.41, 5.74) is 1.25. The quantitative estimate of drug-likeness (QED) is 0.841. The molecule has 1 fully saturated rings. The Balaban J connectivity index is 2.17. The van der Waals surface area contributed by atoms with Gasteiger partial charge >= 0.3 is 0 Å². The zero-order valence-electron chi connectivity index (χ0n) is 11.3. The van der Waals surface area contributed by atoms with Crippen LogP contribution in [0.15, 0.2) is 24.3 Å². The van der Waals surface area contributed by atoms with Crippen LogP contribution < -0.4 is 10.1 Å². The van der Waals surface area contributed by atoms with Crippen LogP contribution >= 0.6 is 0 Å². The summed E-state index contributed by atoms with van der Waals surface area (Å²) in [6.07, 6.45) is 2.15. The first kappa shape index (κ1) is 13.4. The zero-order chi connectivity index (χ0) is 12.8. The maximum absolute atomic E-state index is 5.85. The molecule has 0 bridgehead atoms. The molecule has 100 valence electrons. The molecule has 2 unspecified atom stereocenters. The monoisotopic (exact) mass is 249 g/mol. The molecule has 2 atom stereocenters. The Labute approximate surface area is 109 Å². The number of hydrogen-bond acceptors (Lipinski definition) is 3. The molecular weight excluding hydrogens is 226 g/mol. The van der Waals surface area contributed by atoms with Gasteiger partial charge < -0.3 is 14.8 Å². The fourth-order valence-corrected chi connectivity index (χ4v) is 2.54. The topological polar surface area (TPSA) is 30.5 Å². The van der Waals surface area contributed by atoms with Crippen molar-refractivity contribution >= 4 is 0 Å². The number of rotatable bonds is 6. The van der Waals surface area contributed by atoms with Crippen molar-refractivity contribution in [1.82, 2.24) is 5.32 Å². The van der Waals surface area contributed by atoms with E-state index < -0.39 is 0 Å². The second-order valence-electron chi connectivity index (χ2n) is 4.78. The van der Waals surface area contributed by atoms with Gasteiger partial charge in [0.25, 0.3) is 0 Å². The van der Waals surface area contributed by atoms with Gasteiger partial charge in [-0.05, 0) is 26.0 Å². The normalized spacial score (nSPS) is 20.9. The Bertz CT molecular complexity index is 361. The van der Waals surface area contributed by atoms with Gasteiger partial charge in [0.2, 0.25) is 0 Å². The first-order valence-electron chi connectivity index (χ1n) is 6.83. The third kappa shape index (κ3) is 3.03. The molecule has 3 nitrogen and oxygen atoms in total. The van der Waals surface area contributed by atoms with Gasteiger partial charge in [-0.1, -0.05) is 25.1 Å². The van der Waals surface area contributed by atoms with E-state index in [9.17, 15) is 0 Å². The van der Waals surface area contributed by atoms with Crippen LogP contribution in [0.25, 0.3) is 0 Å². The standard InChI is InChI=1S/C15H23NO2/c1-3-9-18-14-7-5-4-6-13(14)15(16-2)12-8-10-17-11-12/h4-7,12,15-16H,3,8-11H2,1-2H3. The predicted molar refractivity (Wildman–Crippen MR) is 73.0 cm³/mol. The molecule has 0 amide bonds. The summed E-state index contributed by atoms with van der Waals surface area (Å²) >= 11 is 0. The van der Waals surface area contributed by atoms with Crippen molar-refractivity contribution in [1.29, 1.82) is 0 Å². The Morgan fingerprint density at radius 3 is 2.94 bits per heavy atom. The number of hydrogen-bond donors (Lipinski definition) is 1. The largest absolute Gasteiger partial charge is 0.493 e. The minimum absolute atomic E-state index is 0.320. The second kappa shape index (κ2) is 6.76. The molecule has 0 aromatic heterocycles. The molecule has 1 aromatic carbocycles. The smallest absolute Gasteiger partial charge is 0.124 e. The minimum atomic E-state index is 0.320. The first-order valence-corrected chi connectivity index (χ1v) is 6.83. The average Bonchev–Trinajstić information content (AvgIpc) is 2.92. The molecule has 0 saturated carbocycles. The maximum Gasteiger partial charge on any atom is 0.124 e. The van der Waals surface area contributed by atoms with Crippen LogP contribution in [0.2, 0.25) is 0 Å². The summed E-state index contributed by atoms with van der Waals surface area (Å²) in [5.74, 6) is 1.55. The van der Waals surface area contributed by atoms with E-state index in [1.165, 1.54) is 5.56 Å². The van der Waals surface area contributed by atoms with Crippen LogP contribution in [0.4, 0.5) is 0 Å². The average molecular weight is 249 g/mol. The van der Waals surface area contributed by atoms with E-state index in [2.05, 4.69) is 30.4 Å². The summed E-state index contributed by atoms with van der Waals surface area (Å²) in [6, 6.07) is 8.65. The molecule has 0 spiro atoms. The van der Waals surface area contributed by atoms with Crippen LogP contribution in [0.3, 0.4) is 0 Å². The minimum Gasteiger partial charge on any atom is -0.493 e. The molecule has 1 aliphatic heterocycles. The lowest BCUT2D eigenvalue weighted by atomic mass is 9.92. The van der Waals surface area contributed by atoms with E-state index >= 15 is 0 Å². The van der Waals surface area contributed by atoms with E-state index in [0.29, 0.717) is 12.0 Å². The van der Waals surface area contributed by atoms with Gasteiger partial charge in [0, 0.05) is 24.1 Å². The summed E-state index contributed by atoms with van der Waals surface area (Å²) in [5, 5.41) is 3.42. The lowest BCUT2D eigenvalue weighted by Crippen LogP contribution is -2.26. The Morgan fingerprint density at radius 2 is 2.28 bits per heavy atom. The summed E-state index contributed by atoms with van der Waals surface area (Å²) in [4.78, 5) is 0. The fraction of sp³-hybridized carbons (Fsp3) is 0.600. The van der Waals surface area contributed by atoms with Gasteiger partial charge in [-0.3, -0.25) is 0 Å². The first-order chi connectivity index (χ1) is 8.86. The summed E-state index contributed by atoms with van der Waals surface area (Å²) in [7, 11) is 2.01. The van der Waals surface area contributed by atoms with Crippen LogP contribution in [0.5, 0.6) is 5.75 Å². The molecule has 1 aliphatic rings.